The molecule has 0 aromatic carbocycles. The lowest BCUT2D eigenvalue weighted by Gasteiger charge is -2.28. The summed E-state index contributed by atoms with van der Waals surface area (Å²) in [6.45, 7) is 8.49. The molecular formula is C15H24O7. The van der Waals surface area contributed by atoms with Crippen molar-refractivity contribution in [3.8, 4) is 0 Å². The van der Waals surface area contributed by atoms with Gasteiger partial charge in [0.1, 0.15) is 5.78 Å². The molecule has 1 saturated heterocycles. The third-order valence-corrected chi connectivity index (χ3v) is 3.65. The maximum absolute atomic E-state index is 12.0. The topological polar surface area (TPSA) is 88.1 Å². The van der Waals surface area contributed by atoms with Crippen LogP contribution in [0.3, 0.4) is 0 Å². The smallest absolute Gasteiger partial charge is 0.338 e. The van der Waals surface area contributed by atoms with Crippen molar-refractivity contribution in [3.63, 3.8) is 0 Å². The fourth-order valence-electron chi connectivity index (χ4n) is 2.25. The number of hydrogen-bond donors (Lipinski definition) is 0. The van der Waals surface area contributed by atoms with Gasteiger partial charge in [-0.15, -0.1) is 0 Å². The van der Waals surface area contributed by atoms with E-state index in [9.17, 15) is 14.4 Å². The molecule has 1 unspecified atom stereocenters. The molecule has 1 rings (SSSR count). The van der Waals surface area contributed by atoms with Crippen molar-refractivity contribution in [2.75, 3.05) is 13.2 Å². The molecule has 7 nitrogen and oxygen atoms in total. The van der Waals surface area contributed by atoms with Gasteiger partial charge in [0.05, 0.1) is 19.1 Å². The van der Waals surface area contributed by atoms with Crippen LogP contribution in [-0.2, 0) is 33.3 Å². The van der Waals surface area contributed by atoms with Crippen molar-refractivity contribution in [2.24, 2.45) is 5.92 Å². The second-order valence-electron chi connectivity index (χ2n) is 5.14. The first-order valence-electron chi connectivity index (χ1n) is 7.52. The lowest BCUT2D eigenvalue weighted by atomic mass is 9.96. The van der Waals surface area contributed by atoms with E-state index in [0.29, 0.717) is 6.42 Å². The molecule has 1 aliphatic heterocycles. The van der Waals surface area contributed by atoms with Crippen LogP contribution in [0.4, 0.5) is 0 Å². The molecule has 22 heavy (non-hydrogen) atoms. The van der Waals surface area contributed by atoms with Crippen LogP contribution in [-0.4, -0.2) is 48.9 Å². The summed E-state index contributed by atoms with van der Waals surface area (Å²) in [7, 11) is 0. The SMILES string of the molecule is CCOC(=O)[C@@H]1OC(C)(C(C)C(=O)CC)O[C@H]1C(=O)OCC. The monoisotopic (exact) mass is 316 g/mol. The lowest BCUT2D eigenvalue weighted by molar-refractivity contribution is -0.204. The first kappa shape index (κ1) is 18.6. The summed E-state index contributed by atoms with van der Waals surface area (Å²) in [6.07, 6.45) is -2.18. The van der Waals surface area contributed by atoms with Gasteiger partial charge in [-0.1, -0.05) is 13.8 Å². The summed E-state index contributed by atoms with van der Waals surface area (Å²) in [5.74, 6) is -3.51. The molecule has 0 aromatic rings. The van der Waals surface area contributed by atoms with Crippen molar-refractivity contribution in [1.82, 2.24) is 0 Å². The highest BCUT2D eigenvalue weighted by Crippen LogP contribution is 2.36. The Kier molecular flexibility index (Phi) is 6.49. The van der Waals surface area contributed by atoms with Gasteiger partial charge in [-0.05, 0) is 20.8 Å². The Morgan fingerprint density at radius 1 is 1.00 bits per heavy atom. The molecule has 7 heteroatoms. The first-order chi connectivity index (χ1) is 10.3. The van der Waals surface area contributed by atoms with E-state index < -0.39 is 35.9 Å². The molecule has 0 saturated carbocycles. The Labute approximate surface area is 130 Å². The number of hydrogen-bond acceptors (Lipinski definition) is 7. The van der Waals surface area contributed by atoms with E-state index in [0.717, 1.165) is 0 Å². The molecule has 0 aliphatic carbocycles. The van der Waals surface area contributed by atoms with Crippen LogP contribution in [0.2, 0.25) is 0 Å². The van der Waals surface area contributed by atoms with Gasteiger partial charge in [-0.3, -0.25) is 4.79 Å². The van der Waals surface area contributed by atoms with Crippen molar-refractivity contribution in [1.29, 1.82) is 0 Å². The van der Waals surface area contributed by atoms with Gasteiger partial charge in [0, 0.05) is 6.42 Å². The maximum atomic E-state index is 12.0. The molecule has 1 heterocycles. The Morgan fingerprint density at radius 3 is 1.73 bits per heavy atom. The maximum Gasteiger partial charge on any atom is 0.338 e. The number of carbonyl (C=O) groups excluding carboxylic acids is 3. The average Bonchev–Trinajstić information content (AvgIpc) is 2.85. The van der Waals surface area contributed by atoms with E-state index in [2.05, 4.69) is 0 Å². The van der Waals surface area contributed by atoms with Gasteiger partial charge in [0.25, 0.3) is 0 Å². The standard InChI is InChI=1S/C15H24O7/c1-6-10(16)9(4)15(5)21-11(13(17)19-7-2)12(22-15)14(18)20-8-3/h9,11-12H,6-8H2,1-5H3/t9?,11-,12-/m1/s1. The highest BCUT2D eigenvalue weighted by molar-refractivity contribution is 5.87. The van der Waals surface area contributed by atoms with E-state index in [1.165, 1.54) is 6.92 Å². The third-order valence-electron chi connectivity index (χ3n) is 3.65. The third kappa shape index (κ3) is 3.84. The highest BCUT2D eigenvalue weighted by Gasteiger charge is 2.55. The zero-order valence-corrected chi connectivity index (χ0v) is 13.7. The second kappa shape index (κ2) is 7.69. The molecule has 0 bridgehead atoms. The van der Waals surface area contributed by atoms with E-state index in [1.54, 1.807) is 27.7 Å². The largest absolute Gasteiger partial charge is 0.464 e. The summed E-state index contributed by atoms with van der Waals surface area (Å²) < 4.78 is 21.0. The van der Waals surface area contributed by atoms with Crippen LogP contribution in [0.15, 0.2) is 0 Å². The van der Waals surface area contributed by atoms with Gasteiger partial charge < -0.3 is 18.9 Å². The van der Waals surface area contributed by atoms with Crippen LogP contribution in [0.1, 0.15) is 41.0 Å². The molecular weight excluding hydrogens is 292 g/mol. The van der Waals surface area contributed by atoms with E-state index in [1.807, 2.05) is 0 Å². The molecule has 3 atom stereocenters. The van der Waals surface area contributed by atoms with Gasteiger partial charge in [0.15, 0.2) is 18.0 Å². The van der Waals surface area contributed by atoms with E-state index in [-0.39, 0.29) is 19.0 Å². The number of carbonyl (C=O) groups is 3. The quantitative estimate of drug-likeness (QED) is 0.653. The van der Waals surface area contributed by atoms with Gasteiger partial charge in [-0.25, -0.2) is 9.59 Å². The number of rotatable bonds is 7. The zero-order chi connectivity index (χ0) is 16.9. The Hall–Kier alpha value is -1.47. The zero-order valence-electron chi connectivity index (χ0n) is 13.7. The minimum atomic E-state index is -1.37. The number of esters is 2. The lowest BCUT2D eigenvalue weighted by Crippen LogP contribution is -2.40. The van der Waals surface area contributed by atoms with E-state index >= 15 is 0 Å². The molecule has 1 aliphatic rings. The van der Waals surface area contributed by atoms with Crippen LogP contribution >= 0.6 is 0 Å². The van der Waals surface area contributed by atoms with E-state index in [4.69, 9.17) is 18.9 Å². The van der Waals surface area contributed by atoms with Crippen molar-refractivity contribution >= 4 is 17.7 Å². The van der Waals surface area contributed by atoms with Crippen LogP contribution in [0.25, 0.3) is 0 Å². The van der Waals surface area contributed by atoms with Gasteiger partial charge in [0.2, 0.25) is 0 Å². The summed E-state index contributed by atoms with van der Waals surface area (Å²) in [6, 6.07) is 0. The highest BCUT2D eigenvalue weighted by atomic mass is 16.8. The molecule has 0 spiro atoms. The van der Waals surface area contributed by atoms with Crippen LogP contribution in [0, 0.1) is 5.92 Å². The minimum Gasteiger partial charge on any atom is -0.464 e. The minimum absolute atomic E-state index is 0.0883. The first-order valence-corrected chi connectivity index (χ1v) is 7.52. The number of Topliss-reactive ketones (excluding diaryl/α,β-unsaturated/α-hetero) is 1. The Morgan fingerprint density at radius 2 is 1.41 bits per heavy atom. The molecule has 0 aromatic heterocycles. The van der Waals surface area contributed by atoms with Crippen LogP contribution < -0.4 is 0 Å². The predicted molar refractivity (Wildman–Crippen MR) is 75.9 cm³/mol. The Bertz CT molecular complexity index is 406. The van der Waals surface area contributed by atoms with Crippen LogP contribution in [0.5, 0.6) is 0 Å². The Balaban J connectivity index is 3.01. The fourth-order valence-corrected chi connectivity index (χ4v) is 2.25. The summed E-state index contributed by atoms with van der Waals surface area (Å²) in [5.41, 5.74) is 0. The van der Waals surface area contributed by atoms with Crippen molar-refractivity contribution in [3.05, 3.63) is 0 Å². The second-order valence-corrected chi connectivity index (χ2v) is 5.14. The molecule has 0 radical (unpaired) electrons. The van der Waals surface area contributed by atoms with Crippen molar-refractivity contribution in [2.45, 2.75) is 59.0 Å². The number of ketones is 1. The average molecular weight is 316 g/mol. The molecule has 0 amide bonds. The molecule has 126 valence electrons. The molecule has 1 fully saturated rings. The summed E-state index contributed by atoms with van der Waals surface area (Å²) in [5, 5.41) is 0. The fraction of sp³-hybridized carbons (Fsp3) is 0.800. The van der Waals surface area contributed by atoms with Gasteiger partial charge in [-0.2, -0.15) is 0 Å². The van der Waals surface area contributed by atoms with Crippen molar-refractivity contribution < 1.29 is 33.3 Å². The summed E-state index contributed by atoms with van der Waals surface area (Å²) >= 11 is 0. The predicted octanol–water partition coefficient (Wildman–Crippen LogP) is 1.23. The van der Waals surface area contributed by atoms with Gasteiger partial charge >= 0.3 is 11.9 Å². The normalized spacial score (nSPS) is 24.6. The number of ether oxygens (including phenoxy) is 4. The molecule has 0 N–H and O–H groups in total. The summed E-state index contributed by atoms with van der Waals surface area (Å²) in [4.78, 5) is 35.9.